The van der Waals surface area contributed by atoms with Gasteiger partial charge in [-0.15, -0.1) is 0 Å². The van der Waals surface area contributed by atoms with Gasteiger partial charge in [-0.1, -0.05) is 61.3 Å². The third-order valence-electron chi connectivity index (χ3n) is 11.8. The van der Waals surface area contributed by atoms with Gasteiger partial charge in [0.2, 0.25) is 0 Å². The zero-order chi connectivity index (χ0) is 26.9. The first kappa shape index (κ1) is 31.1. The molecule has 4 heteroatoms. The van der Waals surface area contributed by atoms with Crippen molar-refractivity contribution in [1.29, 1.82) is 0 Å². The average molecular weight is 494 g/mol. The fourth-order valence-electron chi connectivity index (χ4n) is 7.90. The Bertz CT molecular complexity index is 678. The molecule has 5 unspecified atom stereocenters. The minimum absolute atomic E-state index is 0.0961. The van der Waals surface area contributed by atoms with E-state index in [-0.39, 0.29) is 22.2 Å². The summed E-state index contributed by atoms with van der Waals surface area (Å²) in [6.07, 6.45) is 8.63. The lowest BCUT2D eigenvalue weighted by Crippen LogP contribution is -2.77. The van der Waals surface area contributed by atoms with E-state index in [0.29, 0.717) is 11.5 Å². The molecule has 0 aliphatic carbocycles. The van der Waals surface area contributed by atoms with E-state index >= 15 is 0 Å². The summed E-state index contributed by atoms with van der Waals surface area (Å²) in [6, 6.07) is 0.574. The predicted octanol–water partition coefficient (Wildman–Crippen LogP) is 7.42. The first-order valence-corrected chi connectivity index (χ1v) is 15.0. The van der Waals surface area contributed by atoms with Crippen molar-refractivity contribution < 1.29 is 4.74 Å². The third-order valence-corrected chi connectivity index (χ3v) is 11.8. The molecule has 0 aromatic heterocycles. The molecule has 0 aromatic rings. The summed E-state index contributed by atoms with van der Waals surface area (Å²) in [5, 5.41) is 0. The molecule has 2 rings (SSSR count). The topological polar surface area (TPSA) is 19.0 Å². The minimum atomic E-state index is 0.0961. The lowest BCUT2D eigenvalue weighted by Gasteiger charge is -2.66. The number of rotatable bonds is 11. The Morgan fingerprint density at radius 1 is 0.829 bits per heavy atom. The number of ether oxygens (including phenoxy) is 1. The molecule has 2 saturated heterocycles. The summed E-state index contributed by atoms with van der Waals surface area (Å²) >= 11 is 0. The molecule has 208 valence electrons. The van der Waals surface area contributed by atoms with Crippen LogP contribution in [0.15, 0.2) is 0 Å². The Hall–Kier alpha value is -0.160. The van der Waals surface area contributed by atoms with Gasteiger partial charge in [-0.2, -0.15) is 0 Å². The molecule has 5 atom stereocenters. The molecule has 0 N–H and O–H groups in total. The highest BCUT2D eigenvalue weighted by molar-refractivity contribution is 5.13. The molecule has 0 bridgehead atoms. The smallest absolute Gasteiger partial charge is 0.0997 e. The summed E-state index contributed by atoms with van der Waals surface area (Å²) < 4.78 is 6.59. The van der Waals surface area contributed by atoms with Crippen LogP contribution in [-0.2, 0) is 4.74 Å². The van der Waals surface area contributed by atoms with Crippen molar-refractivity contribution in [3.63, 3.8) is 0 Å². The molecule has 0 saturated carbocycles. The molecular formula is C31H63N3O. The quantitative estimate of drug-likeness (QED) is 0.279. The van der Waals surface area contributed by atoms with Gasteiger partial charge in [-0.05, 0) is 85.1 Å². The van der Waals surface area contributed by atoms with E-state index in [1.807, 2.05) is 0 Å². The van der Waals surface area contributed by atoms with Crippen molar-refractivity contribution in [2.75, 3.05) is 33.5 Å². The summed E-state index contributed by atoms with van der Waals surface area (Å²) in [5.74, 6) is 0.795. The molecule has 0 spiro atoms. The largest absolute Gasteiger partial charge is 0.365 e. The van der Waals surface area contributed by atoms with E-state index in [2.05, 4.69) is 105 Å². The highest BCUT2D eigenvalue weighted by atomic mass is 16.5. The summed E-state index contributed by atoms with van der Waals surface area (Å²) in [4.78, 5) is 8.16. The second kappa shape index (κ2) is 11.3. The Kier molecular flexibility index (Phi) is 10.0. The van der Waals surface area contributed by atoms with Crippen LogP contribution in [0.1, 0.15) is 128 Å². The molecule has 0 aromatic carbocycles. The van der Waals surface area contributed by atoms with E-state index in [1.165, 1.54) is 38.5 Å². The molecule has 0 radical (unpaired) electrons. The lowest BCUT2D eigenvalue weighted by atomic mass is 9.61. The highest BCUT2D eigenvalue weighted by Gasteiger charge is 2.56. The molecule has 2 fully saturated rings. The fraction of sp³-hybridized carbons (Fsp3) is 1.00. The number of piperazine rings is 1. The van der Waals surface area contributed by atoms with Crippen LogP contribution in [0.2, 0.25) is 0 Å². The number of piperidine rings is 1. The van der Waals surface area contributed by atoms with Crippen LogP contribution in [0.3, 0.4) is 0 Å². The van der Waals surface area contributed by atoms with Crippen LogP contribution >= 0.6 is 0 Å². The number of hydrogen-bond acceptors (Lipinski definition) is 4. The van der Waals surface area contributed by atoms with Gasteiger partial charge in [0.15, 0.2) is 0 Å². The minimum Gasteiger partial charge on any atom is -0.365 e. The number of nitrogens with zero attached hydrogens (tertiary/aromatic N) is 3. The summed E-state index contributed by atoms with van der Waals surface area (Å²) in [5.41, 5.74) is 0.979. The third kappa shape index (κ3) is 5.38. The zero-order valence-electron chi connectivity index (χ0n) is 26.2. The van der Waals surface area contributed by atoms with Crippen molar-refractivity contribution >= 4 is 0 Å². The molecule has 2 aliphatic rings. The monoisotopic (exact) mass is 493 g/mol. The van der Waals surface area contributed by atoms with Gasteiger partial charge in [-0.25, -0.2) is 0 Å². The van der Waals surface area contributed by atoms with E-state index in [4.69, 9.17) is 4.74 Å². The summed E-state index contributed by atoms with van der Waals surface area (Å²) in [7, 11) is 2.35. The second-order valence-corrected chi connectivity index (χ2v) is 13.8. The number of hydrogen-bond donors (Lipinski definition) is 0. The number of likely N-dealkylation sites (tertiary alicyclic amines) is 1. The maximum absolute atomic E-state index is 6.59. The van der Waals surface area contributed by atoms with Crippen LogP contribution < -0.4 is 0 Å². The van der Waals surface area contributed by atoms with E-state index < -0.39 is 0 Å². The molecule has 2 aliphatic heterocycles. The second-order valence-electron chi connectivity index (χ2n) is 13.8. The van der Waals surface area contributed by atoms with Crippen LogP contribution in [0.25, 0.3) is 0 Å². The van der Waals surface area contributed by atoms with Crippen LogP contribution in [-0.4, -0.2) is 76.4 Å². The molecule has 4 nitrogen and oxygen atoms in total. The first-order valence-electron chi connectivity index (χ1n) is 15.0. The van der Waals surface area contributed by atoms with Crippen LogP contribution in [0.4, 0.5) is 0 Å². The maximum Gasteiger partial charge on any atom is 0.0997 e. The van der Waals surface area contributed by atoms with Gasteiger partial charge in [0, 0.05) is 41.3 Å². The van der Waals surface area contributed by atoms with Crippen molar-refractivity contribution in [2.24, 2.45) is 11.3 Å². The van der Waals surface area contributed by atoms with Crippen LogP contribution in [0, 0.1) is 11.3 Å². The van der Waals surface area contributed by atoms with Gasteiger partial charge in [-0.3, -0.25) is 14.7 Å². The van der Waals surface area contributed by atoms with E-state index in [1.54, 1.807) is 0 Å². The Labute approximate surface area is 220 Å². The molecule has 0 amide bonds. The standard InChI is InChI=1S/C31H63N3O/c1-14-19-25-22-29(10,16-3)34(26(15-2)27(25,6)7)24-35-21-20-33-23-30(11,17-4)32(13)31(12,18-5)28(33,8)9/h25-26H,14-24H2,1-13H3. The highest BCUT2D eigenvalue weighted by Crippen LogP contribution is 2.51. The normalized spacial score (nSPS) is 38.7. The zero-order valence-corrected chi connectivity index (χ0v) is 26.2. The van der Waals surface area contributed by atoms with Crippen molar-refractivity contribution in [3.8, 4) is 0 Å². The van der Waals surface area contributed by atoms with Gasteiger partial charge in [0.1, 0.15) is 0 Å². The van der Waals surface area contributed by atoms with Gasteiger partial charge in [0.25, 0.3) is 0 Å². The fourth-order valence-corrected chi connectivity index (χ4v) is 7.90. The lowest BCUT2D eigenvalue weighted by molar-refractivity contribution is -0.166. The van der Waals surface area contributed by atoms with Gasteiger partial charge >= 0.3 is 0 Å². The summed E-state index contributed by atoms with van der Waals surface area (Å²) in [6.45, 7) is 32.8. The molecule has 35 heavy (non-hydrogen) atoms. The average Bonchev–Trinajstić information content (AvgIpc) is 2.81. The van der Waals surface area contributed by atoms with Gasteiger partial charge < -0.3 is 4.74 Å². The maximum atomic E-state index is 6.59. The Morgan fingerprint density at radius 2 is 1.43 bits per heavy atom. The van der Waals surface area contributed by atoms with Crippen LogP contribution in [0.5, 0.6) is 0 Å². The van der Waals surface area contributed by atoms with E-state index in [0.717, 1.165) is 38.8 Å². The predicted molar refractivity (Wildman–Crippen MR) is 153 cm³/mol. The molecule has 2 heterocycles. The van der Waals surface area contributed by atoms with E-state index in [9.17, 15) is 0 Å². The number of likely N-dealkylation sites (N-methyl/N-ethyl adjacent to an activating group) is 1. The SMILES string of the molecule is CCCC1CC(C)(CC)N(COCCN2CC(C)(CC)N(C)C(C)(CC)C2(C)C)C(CC)C1(C)C. The Balaban J connectivity index is 2.15. The van der Waals surface area contributed by atoms with Crippen molar-refractivity contribution in [1.82, 2.24) is 14.7 Å². The van der Waals surface area contributed by atoms with Crippen molar-refractivity contribution in [2.45, 2.75) is 156 Å². The Morgan fingerprint density at radius 3 is 1.91 bits per heavy atom. The molecular weight excluding hydrogens is 430 g/mol. The van der Waals surface area contributed by atoms with Crippen molar-refractivity contribution in [3.05, 3.63) is 0 Å². The van der Waals surface area contributed by atoms with Gasteiger partial charge in [0.05, 0.1) is 13.3 Å². The first-order chi connectivity index (χ1) is 16.1.